The summed E-state index contributed by atoms with van der Waals surface area (Å²) in [5, 5.41) is 0. The monoisotopic (exact) mass is 435 g/mol. The fourth-order valence-electron chi connectivity index (χ4n) is 4.27. The van der Waals surface area contributed by atoms with Crippen molar-refractivity contribution in [3.63, 3.8) is 0 Å². The molecule has 0 bridgehead atoms. The van der Waals surface area contributed by atoms with Gasteiger partial charge in [0.25, 0.3) is 0 Å². The van der Waals surface area contributed by atoms with Crippen LogP contribution in [-0.4, -0.2) is 41.7 Å². The molecule has 1 amide bonds. The maximum Gasteiger partial charge on any atom is 0.321 e. The molecule has 1 aliphatic heterocycles. The van der Waals surface area contributed by atoms with Crippen molar-refractivity contribution in [2.45, 2.75) is 33.2 Å². The second-order valence-corrected chi connectivity index (χ2v) is 8.39. The second kappa shape index (κ2) is 9.02. The lowest BCUT2D eigenvalue weighted by molar-refractivity contribution is -0.153. The standard InChI is InChI=1S/C25H29N3O4/c1-5-32-24(30)21-22(17-9-8-10-18(15-17)31-4)28-20-12-7-6-11-19(20)26-25(28)27(23(21)29)14-13-16(2)3/h6-12,15-16,21-22H,5,13-14H2,1-4H3/t21-,22+/m0/s1. The fraction of sp³-hybridized carbons (Fsp3) is 0.400. The molecule has 2 atom stereocenters. The van der Waals surface area contributed by atoms with Crippen molar-refractivity contribution in [1.82, 2.24) is 9.55 Å². The van der Waals surface area contributed by atoms with E-state index in [-0.39, 0.29) is 12.5 Å². The number of esters is 1. The SMILES string of the molecule is CCOC(=O)[C@@H]1C(=O)N(CCC(C)C)c2nc3ccccc3n2[C@@H]1c1cccc(OC)c1. The topological polar surface area (TPSA) is 73.7 Å². The van der Waals surface area contributed by atoms with E-state index in [0.29, 0.717) is 24.2 Å². The van der Waals surface area contributed by atoms with Crippen molar-refractivity contribution in [2.75, 3.05) is 25.2 Å². The largest absolute Gasteiger partial charge is 0.497 e. The average Bonchev–Trinajstić information content (AvgIpc) is 3.16. The molecule has 0 radical (unpaired) electrons. The van der Waals surface area contributed by atoms with Crippen LogP contribution in [0.15, 0.2) is 48.5 Å². The Bertz CT molecular complexity index is 1140. The number of aromatic nitrogens is 2. The minimum atomic E-state index is -1.01. The summed E-state index contributed by atoms with van der Waals surface area (Å²) >= 11 is 0. The molecule has 32 heavy (non-hydrogen) atoms. The number of imidazole rings is 1. The van der Waals surface area contributed by atoms with Crippen LogP contribution in [0.4, 0.5) is 5.95 Å². The summed E-state index contributed by atoms with van der Waals surface area (Å²) in [5.41, 5.74) is 2.44. The molecule has 7 heteroatoms. The lowest BCUT2D eigenvalue weighted by atomic mass is 9.89. The van der Waals surface area contributed by atoms with Crippen LogP contribution in [0.1, 0.15) is 38.8 Å². The van der Waals surface area contributed by atoms with E-state index in [1.807, 2.05) is 53.1 Å². The van der Waals surface area contributed by atoms with Crippen molar-refractivity contribution in [2.24, 2.45) is 11.8 Å². The summed E-state index contributed by atoms with van der Waals surface area (Å²) in [6, 6.07) is 14.7. The molecule has 4 rings (SSSR count). The van der Waals surface area contributed by atoms with E-state index in [4.69, 9.17) is 14.5 Å². The minimum Gasteiger partial charge on any atom is -0.497 e. The number of carbonyl (C=O) groups excluding carboxylic acids is 2. The first kappa shape index (κ1) is 21.9. The van der Waals surface area contributed by atoms with Gasteiger partial charge in [-0.05, 0) is 49.1 Å². The summed E-state index contributed by atoms with van der Waals surface area (Å²) < 4.78 is 12.8. The van der Waals surface area contributed by atoms with E-state index in [0.717, 1.165) is 23.0 Å². The van der Waals surface area contributed by atoms with Crippen LogP contribution in [-0.2, 0) is 14.3 Å². The van der Waals surface area contributed by atoms with Crippen LogP contribution >= 0.6 is 0 Å². The number of ether oxygens (including phenoxy) is 2. The van der Waals surface area contributed by atoms with Gasteiger partial charge in [0.2, 0.25) is 11.9 Å². The van der Waals surface area contributed by atoms with Gasteiger partial charge in [-0.15, -0.1) is 0 Å². The molecular formula is C25H29N3O4. The Morgan fingerprint density at radius 2 is 1.94 bits per heavy atom. The van der Waals surface area contributed by atoms with Gasteiger partial charge in [-0.25, -0.2) is 4.98 Å². The first-order chi connectivity index (χ1) is 15.5. The Morgan fingerprint density at radius 1 is 1.16 bits per heavy atom. The summed E-state index contributed by atoms with van der Waals surface area (Å²) in [6.45, 7) is 6.66. The number of hydrogen-bond donors (Lipinski definition) is 0. The number of methoxy groups -OCH3 is 1. The van der Waals surface area contributed by atoms with E-state index in [9.17, 15) is 9.59 Å². The number of rotatable bonds is 7. The van der Waals surface area contributed by atoms with Gasteiger partial charge in [-0.3, -0.25) is 14.5 Å². The van der Waals surface area contributed by atoms with Crippen molar-refractivity contribution in [3.8, 4) is 5.75 Å². The molecule has 0 spiro atoms. The number of para-hydroxylation sites is 2. The third-order valence-electron chi connectivity index (χ3n) is 5.85. The maximum absolute atomic E-state index is 13.8. The van der Waals surface area contributed by atoms with Gasteiger partial charge in [-0.1, -0.05) is 38.1 Å². The molecule has 0 aliphatic carbocycles. The lowest BCUT2D eigenvalue weighted by Crippen LogP contribution is -2.50. The van der Waals surface area contributed by atoms with Gasteiger partial charge in [0.1, 0.15) is 5.75 Å². The molecule has 7 nitrogen and oxygen atoms in total. The highest BCUT2D eigenvalue weighted by molar-refractivity contribution is 6.08. The third-order valence-corrected chi connectivity index (χ3v) is 5.85. The average molecular weight is 436 g/mol. The van der Waals surface area contributed by atoms with Crippen LogP contribution in [0.2, 0.25) is 0 Å². The Balaban J connectivity index is 1.96. The number of hydrogen-bond acceptors (Lipinski definition) is 5. The van der Waals surface area contributed by atoms with Crippen LogP contribution in [0.25, 0.3) is 11.0 Å². The predicted octanol–water partition coefficient (Wildman–Crippen LogP) is 4.21. The molecular weight excluding hydrogens is 406 g/mol. The molecule has 168 valence electrons. The van der Waals surface area contributed by atoms with Gasteiger partial charge < -0.3 is 14.0 Å². The molecule has 3 aromatic rings. The minimum absolute atomic E-state index is 0.205. The lowest BCUT2D eigenvalue weighted by Gasteiger charge is -2.38. The first-order valence-corrected chi connectivity index (χ1v) is 11.0. The summed E-state index contributed by atoms with van der Waals surface area (Å²) in [6.07, 6.45) is 0.800. The number of carbonyl (C=O) groups is 2. The zero-order valence-corrected chi connectivity index (χ0v) is 18.9. The Hall–Kier alpha value is -3.35. The number of amides is 1. The predicted molar refractivity (Wildman–Crippen MR) is 123 cm³/mol. The number of benzene rings is 2. The zero-order chi connectivity index (χ0) is 22.8. The summed E-state index contributed by atoms with van der Waals surface area (Å²) in [4.78, 5) is 33.4. The van der Waals surface area contributed by atoms with Crippen LogP contribution < -0.4 is 9.64 Å². The Labute approximate surface area is 187 Å². The molecule has 2 aromatic carbocycles. The van der Waals surface area contributed by atoms with E-state index >= 15 is 0 Å². The molecule has 0 N–H and O–H groups in total. The van der Waals surface area contributed by atoms with Gasteiger partial charge in [-0.2, -0.15) is 0 Å². The molecule has 0 fully saturated rings. The third kappa shape index (κ3) is 3.83. The maximum atomic E-state index is 13.8. The molecule has 0 unspecified atom stereocenters. The number of anilines is 1. The normalized spacial score (nSPS) is 18.2. The van der Waals surface area contributed by atoms with E-state index < -0.39 is 17.9 Å². The number of fused-ring (bicyclic) bond motifs is 3. The van der Waals surface area contributed by atoms with Gasteiger partial charge in [0, 0.05) is 6.54 Å². The number of nitrogens with zero attached hydrogens (tertiary/aromatic N) is 3. The van der Waals surface area contributed by atoms with Crippen LogP contribution in [0.3, 0.4) is 0 Å². The van der Waals surface area contributed by atoms with Crippen molar-refractivity contribution < 1.29 is 19.1 Å². The van der Waals surface area contributed by atoms with Crippen molar-refractivity contribution >= 4 is 28.9 Å². The fourth-order valence-corrected chi connectivity index (χ4v) is 4.27. The Kier molecular flexibility index (Phi) is 6.17. The van der Waals surface area contributed by atoms with E-state index in [1.165, 1.54) is 0 Å². The molecule has 1 aromatic heterocycles. The molecule has 1 aliphatic rings. The van der Waals surface area contributed by atoms with Gasteiger partial charge in [0.05, 0.1) is 30.8 Å². The highest BCUT2D eigenvalue weighted by Crippen LogP contribution is 2.42. The quantitative estimate of drug-likeness (QED) is 0.411. The molecule has 2 heterocycles. The van der Waals surface area contributed by atoms with Crippen molar-refractivity contribution in [3.05, 3.63) is 54.1 Å². The van der Waals surface area contributed by atoms with Crippen LogP contribution in [0.5, 0.6) is 5.75 Å². The molecule has 0 saturated heterocycles. The van der Waals surface area contributed by atoms with Crippen LogP contribution in [0, 0.1) is 11.8 Å². The molecule has 0 saturated carbocycles. The smallest absolute Gasteiger partial charge is 0.321 e. The van der Waals surface area contributed by atoms with Gasteiger partial charge in [0.15, 0.2) is 5.92 Å². The summed E-state index contributed by atoms with van der Waals surface area (Å²) in [7, 11) is 1.60. The highest BCUT2D eigenvalue weighted by atomic mass is 16.5. The van der Waals surface area contributed by atoms with E-state index in [1.54, 1.807) is 18.9 Å². The zero-order valence-electron chi connectivity index (χ0n) is 18.9. The highest BCUT2D eigenvalue weighted by Gasteiger charge is 2.47. The summed E-state index contributed by atoms with van der Waals surface area (Å²) in [5.74, 6) is -0.198. The van der Waals surface area contributed by atoms with E-state index in [2.05, 4.69) is 13.8 Å². The van der Waals surface area contributed by atoms with Crippen molar-refractivity contribution in [1.29, 1.82) is 0 Å². The first-order valence-electron chi connectivity index (χ1n) is 11.0. The second-order valence-electron chi connectivity index (χ2n) is 8.39. The Morgan fingerprint density at radius 3 is 2.66 bits per heavy atom. The van der Waals surface area contributed by atoms with Gasteiger partial charge >= 0.3 is 5.97 Å².